The minimum atomic E-state index is -0.762. The number of nitrogens with one attached hydrogen (secondary N) is 3. The molecule has 1 saturated heterocycles. The predicted molar refractivity (Wildman–Crippen MR) is 167 cm³/mol. The Morgan fingerprint density at radius 3 is 2.41 bits per heavy atom. The van der Waals surface area contributed by atoms with Crippen LogP contribution in [-0.2, 0) is 20.8 Å². The summed E-state index contributed by atoms with van der Waals surface area (Å²) in [4.78, 5) is 48.1. The zero-order valence-corrected chi connectivity index (χ0v) is 26.4. The van der Waals surface area contributed by atoms with Gasteiger partial charge in [0.2, 0.25) is 17.7 Å². The summed E-state index contributed by atoms with van der Waals surface area (Å²) in [6.45, 7) is 18.8. The molecule has 1 aromatic heterocycles. The molecule has 0 radical (unpaired) electrons. The molecule has 1 aliphatic rings. The van der Waals surface area contributed by atoms with E-state index in [1.54, 1.807) is 18.3 Å². The van der Waals surface area contributed by atoms with E-state index in [4.69, 9.17) is 4.98 Å². The molecular formula is C31H48N6O3S. The van der Waals surface area contributed by atoms with Crippen LogP contribution in [0.5, 0.6) is 0 Å². The maximum Gasteiger partial charge on any atom is 0.247 e. The number of amides is 3. The lowest BCUT2D eigenvalue weighted by molar-refractivity contribution is -0.129. The van der Waals surface area contributed by atoms with Gasteiger partial charge in [0.15, 0.2) is 0 Å². The topological polar surface area (TPSA) is 107 Å². The highest BCUT2D eigenvalue weighted by Gasteiger charge is 2.27. The van der Waals surface area contributed by atoms with Crippen molar-refractivity contribution in [2.75, 3.05) is 46.3 Å². The third kappa shape index (κ3) is 9.61. The SMILES string of the molecule is C=C(CN1CCN(C)CC1)C(=O)NC[C@@H](NC(=O)[C@H](Cc1nc2ccc(C(C)C)cc2s1)NC(=O)CC)[C@@H](C)CC. The standard InChI is InChI=1S/C31H48N6O3S/c1-8-21(5)26(18-32-30(39)22(6)19-37-14-12-36(7)13-15-37)35-31(40)25(33-28(38)9-2)17-29-34-24-11-10-23(20(3)4)16-27(24)41-29/h10-11,16,20-21,25-26H,6,8-9,12-15,17-19H2,1-5,7H3,(H,32,39)(H,33,38)(H,35,40)/t21-,25-,26+/m0/s1. The third-order valence-electron chi connectivity index (χ3n) is 7.95. The fourth-order valence-corrected chi connectivity index (χ4v) is 5.81. The first kappa shape index (κ1) is 32.7. The van der Waals surface area contributed by atoms with E-state index in [-0.39, 0.29) is 42.6 Å². The van der Waals surface area contributed by atoms with Gasteiger partial charge in [-0.25, -0.2) is 4.98 Å². The highest BCUT2D eigenvalue weighted by molar-refractivity contribution is 7.18. The zero-order valence-electron chi connectivity index (χ0n) is 25.6. The summed E-state index contributed by atoms with van der Waals surface area (Å²) in [7, 11) is 2.10. The molecule has 1 aromatic carbocycles. The van der Waals surface area contributed by atoms with Crippen LogP contribution in [0.2, 0.25) is 0 Å². The molecule has 3 rings (SSSR count). The Morgan fingerprint density at radius 1 is 1.07 bits per heavy atom. The van der Waals surface area contributed by atoms with Crippen LogP contribution in [0.15, 0.2) is 30.4 Å². The Bertz CT molecular complexity index is 1200. The van der Waals surface area contributed by atoms with E-state index < -0.39 is 6.04 Å². The number of piperazine rings is 1. The van der Waals surface area contributed by atoms with E-state index in [9.17, 15) is 14.4 Å². The quantitative estimate of drug-likeness (QED) is 0.294. The van der Waals surface area contributed by atoms with E-state index in [0.717, 1.165) is 47.8 Å². The fourth-order valence-electron chi connectivity index (χ4n) is 4.75. The van der Waals surface area contributed by atoms with Crippen molar-refractivity contribution < 1.29 is 14.4 Å². The Morgan fingerprint density at radius 2 is 1.78 bits per heavy atom. The maximum absolute atomic E-state index is 13.6. The van der Waals surface area contributed by atoms with Crippen LogP contribution in [0.1, 0.15) is 63.9 Å². The number of aromatic nitrogens is 1. The van der Waals surface area contributed by atoms with Crippen molar-refractivity contribution in [3.63, 3.8) is 0 Å². The lowest BCUT2D eigenvalue weighted by atomic mass is 9.98. The van der Waals surface area contributed by atoms with Gasteiger partial charge in [0.25, 0.3) is 0 Å². The molecular weight excluding hydrogens is 536 g/mol. The summed E-state index contributed by atoms with van der Waals surface area (Å²) in [5.41, 5.74) is 2.66. The average molecular weight is 585 g/mol. The van der Waals surface area contributed by atoms with Crippen molar-refractivity contribution in [1.82, 2.24) is 30.7 Å². The monoisotopic (exact) mass is 584 g/mol. The number of fused-ring (bicyclic) bond motifs is 1. The van der Waals surface area contributed by atoms with Gasteiger partial charge in [0.05, 0.1) is 15.2 Å². The second kappa shape index (κ2) is 15.4. The molecule has 1 aliphatic heterocycles. The highest BCUT2D eigenvalue weighted by atomic mass is 32.1. The van der Waals surface area contributed by atoms with E-state index in [1.165, 1.54) is 5.56 Å². The molecule has 10 heteroatoms. The fraction of sp³-hybridized carbons (Fsp3) is 0.613. The van der Waals surface area contributed by atoms with E-state index in [1.807, 2.05) is 6.07 Å². The van der Waals surface area contributed by atoms with Gasteiger partial charge >= 0.3 is 0 Å². The van der Waals surface area contributed by atoms with Crippen molar-refractivity contribution in [2.45, 2.75) is 71.9 Å². The van der Waals surface area contributed by atoms with Crippen molar-refractivity contribution >= 4 is 39.3 Å². The Labute approximate surface area is 249 Å². The Hall–Kier alpha value is -2.82. The second-order valence-electron chi connectivity index (χ2n) is 11.6. The minimum absolute atomic E-state index is 0.115. The lowest BCUT2D eigenvalue weighted by Crippen LogP contribution is -2.54. The van der Waals surface area contributed by atoms with Gasteiger partial charge in [-0.15, -0.1) is 11.3 Å². The number of carbonyl (C=O) groups excluding carboxylic acids is 3. The van der Waals surface area contributed by atoms with Crippen LogP contribution < -0.4 is 16.0 Å². The summed E-state index contributed by atoms with van der Waals surface area (Å²) in [6, 6.07) is 5.20. The van der Waals surface area contributed by atoms with Gasteiger partial charge in [0, 0.05) is 63.7 Å². The van der Waals surface area contributed by atoms with Crippen molar-refractivity contribution in [2.24, 2.45) is 5.92 Å². The molecule has 41 heavy (non-hydrogen) atoms. The first-order chi connectivity index (χ1) is 19.5. The molecule has 3 atom stereocenters. The minimum Gasteiger partial charge on any atom is -0.350 e. The average Bonchev–Trinajstić information content (AvgIpc) is 3.36. The van der Waals surface area contributed by atoms with Gasteiger partial charge in [-0.05, 0) is 36.6 Å². The van der Waals surface area contributed by atoms with Crippen LogP contribution in [0.25, 0.3) is 10.2 Å². The van der Waals surface area contributed by atoms with Crippen LogP contribution >= 0.6 is 11.3 Å². The maximum atomic E-state index is 13.6. The van der Waals surface area contributed by atoms with Crippen LogP contribution in [0.3, 0.4) is 0 Å². The molecule has 226 valence electrons. The van der Waals surface area contributed by atoms with Crippen LogP contribution in [-0.4, -0.2) is 90.9 Å². The van der Waals surface area contributed by atoms with Crippen molar-refractivity contribution in [3.8, 4) is 0 Å². The molecule has 0 saturated carbocycles. The van der Waals surface area contributed by atoms with Gasteiger partial charge in [0.1, 0.15) is 6.04 Å². The summed E-state index contributed by atoms with van der Waals surface area (Å²) >= 11 is 1.55. The summed E-state index contributed by atoms with van der Waals surface area (Å²) < 4.78 is 1.07. The summed E-state index contributed by atoms with van der Waals surface area (Å²) in [5, 5.41) is 9.79. The van der Waals surface area contributed by atoms with Crippen molar-refractivity contribution in [3.05, 3.63) is 40.9 Å². The highest BCUT2D eigenvalue weighted by Crippen LogP contribution is 2.27. The third-order valence-corrected chi connectivity index (χ3v) is 8.99. The molecule has 2 heterocycles. The first-order valence-corrected chi connectivity index (χ1v) is 15.7. The largest absolute Gasteiger partial charge is 0.350 e. The lowest BCUT2D eigenvalue weighted by Gasteiger charge is -2.32. The van der Waals surface area contributed by atoms with Gasteiger partial charge in [-0.3, -0.25) is 19.3 Å². The van der Waals surface area contributed by atoms with Crippen LogP contribution in [0, 0.1) is 5.92 Å². The Kier molecular flexibility index (Phi) is 12.3. The molecule has 0 unspecified atom stereocenters. The number of benzene rings is 1. The molecule has 3 N–H and O–H groups in total. The number of nitrogens with zero attached hydrogens (tertiary/aromatic N) is 3. The molecule has 0 bridgehead atoms. The number of hydrogen-bond donors (Lipinski definition) is 3. The van der Waals surface area contributed by atoms with Crippen LogP contribution in [0.4, 0.5) is 0 Å². The van der Waals surface area contributed by atoms with E-state index in [0.29, 0.717) is 24.5 Å². The molecule has 0 spiro atoms. The first-order valence-electron chi connectivity index (χ1n) is 14.9. The number of likely N-dealkylation sites (N-methyl/N-ethyl adjacent to an activating group) is 1. The number of rotatable bonds is 14. The molecule has 0 aliphatic carbocycles. The number of thiazole rings is 1. The van der Waals surface area contributed by atoms with Gasteiger partial charge in [-0.2, -0.15) is 0 Å². The van der Waals surface area contributed by atoms with E-state index in [2.05, 4.69) is 79.2 Å². The number of hydrogen-bond acceptors (Lipinski definition) is 7. The Balaban J connectivity index is 1.66. The van der Waals surface area contributed by atoms with Gasteiger partial charge in [-0.1, -0.05) is 53.7 Å². The molecule has 3 amide bonds. The second-order valence-corrected chi connectivity index (χ2v) is 12.7. The summed E-state index contributed by atoms with van der Waals surface area (Å²) in [6.07, 6.45) is 1.40. The normalized spacial score (nSPS) is 16.8. The summed E-state index contributed by atoms with van der Waals surface area (Å²) in [5.74, 6) is -0.136. The van der Waals surface area contributed by atoms with Crippen molar-refractivity contribution in [1.29, 1.82) is 0 Å². The predicted octanol–water partition coefficient (Wildman–Crippen LogP) is 3.31. The van der Waals surface area contributed by atoms with E-state index >= 15 is 0 Å². The molecule has 2 aromatic rings. The smallest absolute Gasteiger partial charge is 0.247 e. The van der Waals surface area contributed by atoms with Gasteiger partial charge < -0.3 is 20.9 Å². The molecule has 1 fully saturated rings. The zero-order chi connectivity index (χ0) is 30.1. The number of carbonyl (C=O) groups is 3. The molecule has 9 nitrogen and oxygen atoms in total.